The lowest BCUT2D eigenvalue weighted by molar-refractivity contribution is -0.138. The van der Waals surface area contributed by atoms with E-state index >= 15 is 0 Å². The Balaban J connectivity index is 0.00000243. The lowest BCUT2D eigenvalue weighted by Gasteiger charge is -2.18. The fourth-order valence-electron chi connectivity index (χ4n) is 3.20. The highest BCUT2D eigenvalue weighted by molar-refractivity contribution is 5.85. The van der Waals surface area contributed by atoms with Crippen LogP contribution in [0.1, 0.15) is 22.6 Å². The van der Waals surface area contributed by atoms with Crippen molar-refractivity contribution in [3.05, 3.63) is 53.3 Å². The predicted octanol–water partition coefficient (Wildman–Crippen LogP) is 2.48. The number of nitrogens with one attached hydrogen (secondary N) is 2. The molecule has 0 aliphatic carbocycles. The van der Waals surface area contributed by atoms with Gasteiger partial charge in [0.15, 0.2) is 0 Å². The number of nitrogens with zero attached hydrogens (tertiary/aromatic N) is 2. The van der Waals surface area contributed by atoms with Crippen molar-refractivity contribution in [3.8, 4) is 0 Å². The summed E-state index contributed by atoms with van der Waals surface area (Å²) >= 11 is 0. The minimum absolute atomic E-state index is 0. The van der Waals surface area contributed by atoms with Crippen LogP contribution in [0.2, 0.25) is 0 Å². The van der Waals surface area contributed by atoms with Gasteiger partial charge in [-0.05, 0) is 17.2 Å². The summed E-state index contributed by atoms with van der Waals surface area (Å²) in [6.45, 7) is 0.986. The topological polar surface area (TPSA) is 59.0 Å². The van der Waals surface area contributed by atoms with Gasteiger partial charge < -0.3 is 10.6 Å². The van der Waals surface area contributed by atoms with Crippen LogP contribution in [0.5, 0.6) is 0 Å². The minimum Gasteiger partial charge on any atom is -0.352 e. The van der Waals surface area contributed by atoms with Gasteiger partial charge in [0, 0.05) is 38.8 Å². The van der Waals surface area contributed by atoms with Crippen LogP contribution in [0.4, 0.5) is 13.2 Å². The zero-order valence-electron chi connectivity index (χ0n) is 14.1. The molecule has 3 rings (SSSR count). The molecule has 0 radical (unpaired) electrons. The van der Waals surface area contributed by atoms with Crippen LogP contribution in [0.15, 0.2) is 36.7 Å². The first kappa shape index (κ1) is 20.3. The van der Waals surface area contributed by atoms with Crippen LogP contribution < -0.4 is 10.6 Å². The van der Waals surface area contributed by atoms with Crippen LogP contribution in [-0.4, -0.2) is 28.8 Å². The van der Waals surface area contributed by atoms with Gasteiger partial charge in [0.25, 0.3) is 0 Å². The lowest BCUT2D eigenvalue weighted by Crippen LogP contribution is -2.34. The molecule has 2 aromatic rings. The summed E-state index contributed by atoms with van der Waals surface area (Å²) in [5.41, 5.74) is 0.291. The van der Waals surface area contributed by atoms with Crippen LogP contribution in [-0.2, 0) is 24.6 Å². The predicted molar refractivity (Wildman–Crippen MR) is 92.8 cm³/mol. The third-order valence-corrected chi connectivity index (χ3v) is 4.48. The highest BCUT2D eigenvalue weighted by atomic mass is 35.5. The average molecular weight is 389 g/mol. The van der Waals surface area contributed by atoms with Crippen molar-refractivity contribution >= 4 is 18.3 Å². The summed E-state index contributed by atoms with van der Waals surface area (Å²) in [4.78, 5) is 12.5. The van der Waals surface area contributed by atoms with Gasteiger partial charge in [-0.2, -0.15) is 18.3 Å². The van der Waals surface area contributed by atoms with Gasteiger partial charge in [0.1, 0.15) is 0 Å². The van der Waals surface area contributed by atoms with Gasteiger partial charge in [-0.15, -0.1) is 12.4 Å². The number of alkyl halides is 3. The fraction of sp³-hybridized carbons (Fsp3) is 0.412. The highest BCUT2D eigenvalue weighted by Crippen LogP contribution is 2.32. The van der Waals surface area contributed by atoms with E-state index in [0.29, 0.717) is 13.1 Å². The average Bonchev–Trinajstić information content (AvgIpc) is 3.20. The number of benzene rings is 1. The number of carbonyl (C=O) groups excluding carboxylic acids is 1. The number of halogens is 4. The summed E-state index contributed by atoms with van der Waals surface area (Å²) in [5, 5.41) is 9.94. The maximum atomic E-state index is 13.0. The minimum atomic E-state index is -4.44. The molecule has 142 valence electrons. The van der Waals surface area contributed by atoms with Crippen LogP contribution in [0, 0.1) is 5.92 Å². The molecule has 26 heavy (non-hydrogen) atoms. The molecule has 1 aromatic carbocycles. The third-order valence-electron chi connectivity index (χ3n) is 4.48. The van der Waals surface area contributed by atoms with Gasteiger partial charge in [-0.25, -0.2) is 0 Å². The Morgan fingerprint density at radius 1 is 1.35 bits per heavy atom. The Hall–Kier alpha value is -2.06. The molecule has 0 unspecified atom stereocenters. The maximum absolute atomic E-state index is 13.0. The first-order valence-corrected chi connectivity index (χ1v) is 7.98. The third kappa shape index (κ3) is 4.37. The van der Waals surface area contributed by atoms with E-state index < -0.39 is 11.7 Å². The zero-order chi connectivity index (χ0) is 18.0. The van der Waals surface area contributed by atoms with Gasteiger partial charge in [-0.3, -0.25) is 9.48 Å². The van der Waals surface area contributed by atoms with Crippen molar-refractivity contribution in [2.45, 2.75) is 18.6 Å². The first-order chi connectivity index (χ1) is 11.9. The summed E-state index contributed by atoms with van der Waals surface area (Å²) in [5.74, 6) is -0.621. The van der Waals surface area contributed by atoms with Crippen LogP contribution >= 0.6 is 12.4 Å². The Labute approximate surface area is 155 Å². The van der Waals surface area contributed by atoms with Crippen molar-refractivity contribution in [3.63, 3.8) is 0 Å². The van der Waals surface area contributed by atoms with Crippen LogP contribution in [0.25, 0.3) is 0 Å². The Kier molecular flexibility index (Phi) is 6.30. The molecule has 1 aliphatic rings. The molecule has 1 aliphatic heterocycles. The SMILES string of the molecule is Cl.Cn1cc([C@H]2CNC[C@@H]2C(=O)NCc2ccccc2C(F)(F)F)cn1. The van der Waals surface area contributed by atoms with E-state index in [1.807, 2.05) is 6.20 Å². The van der Waals surface area contributed by atoms with Crippen molar-refractivity contribution in [2.24, 2.45) is 13.0 Å². The first-order valence-electron chi connectivity index (χ1n) is 7.98. The van der Waals surface area contributed by atoms with Crippen molar-refractivity contribution < 1.29 is 18.0 Å². The number of amides is 1. The molecule has 2 N–H and O–H groups in total. The smallest absolute Gasteiger partial charge is 0.352 e. The largest absolute Gasteiger partial charge is 0.416 e. The molecule has 1 aromatic heterocycles. The molecule has 5 nitrogen and oxygen atoms in total. The standard InChI is InChI=1S/C17H19F3N4O.ClH/c1-24-10-12(7-23-24)13-8-21-9-14(13)16(25)22-6-11-4-2-3-5-15(11)17(18,19)20;/h2-5,7,10,13-14,21H,6,8-9H2,1H3,(H,22,25);1H/t13-,14+;/m1./s1. The second-order valence-electron chi connectivity index (χ2n) is 6.19. The Morgan fingerprint density at radius 3 is 2.73 bits per heavy atom. The molecule has 2 heterocycles. The van der Waals surface area contributed by atoms with Gasteiger partial charge in [0.05, 0.1) is 17.7 Å². The summed E-state index contributed by atoms with van der Waals surface area (Å²) in [6, 6.07) is 5.28. The highest BCUT2D eigenvalue weighted by Gasteiger charge is 2.36. The number of hydrogen-bond acceptors (Lipinski definition) is 3. The quantitative estimate of drug-likeness (QED) is 0.846. The Morgan fingerprint density at radius 2 is 2.08 bits per heavy atom. The van der Waals surface area contributed by atoms with E-state index in [1.165, 1.54) is 18.2 Å². The number of aromatic nitrogens is 2. The van der Waals surface area contributed by atoms with E-state index in [4.69, 9.17) is 0 Å². The summed E-state index contributed by atoms with van der Waals surface area (Å²) in [6.07, 6.45) is -0.859. The molecule has 2 atom stereocenters. The van der Waals surface area contributed by atoms with Gasteiger partial charge in [-0.1, -0.05) is 18.2 Å². The van der Waals surface area contributed by atoms with E-state index in [9.17, 15) is 18.0 Å². The Bertz CT molecular complexity index is 762. The molecular formula is C17H20ClF3N4O. The number of carbonyl (C=O) groups is 1. The molecule has 9 heteroatoms. The second kappa shape index (κ2) is 8.09. The molecular weight excluding hydrogens is 369 g/mol. The number of rotatable bonds is 4. The maximum Gasteiger partial charge on any atom is 0.416 e. The molecule has 0 saturated carbocycles. The van der Waals surface area contributed by atoms with Crippen molar-refractivity contribution in [1.29, 1.82) is 0 Å². The normalized spacial score (nSPS) is 19.8. The number of hydrogen-bond donors (Lipinski definition) is 2. The molecule has 0 bridgehead atoms. The molecule has 1 amide bonds. The second-order valence-corrected chi connectivity index (χ2v) is 6.19. The molecule has 0 spiro atoms. The van der Waals surface area contributed by atoms with Crippen molar-refractivity contribution in [1.82, 2.24) is 20.4 Å². The van der Waals surface area contributed by atoms with E-state index in [0.717, 1.165) is 11.6 Å². The summed E-state index contributed by atoms with van der Waals surface area (Å²) in [7, 11) is 1.80. The molecule has 1 fully saturated rings. The molecule has 1 saturated heterocycles. The van der Waals surface area contributed by atoms with Gasteiger partial charge in [0.2, 0.25) is 5.91 Å². The number of aryl methyl sites for hydroxylation is 1. The van der Waals surface area contributed by atoms with E-state index in [1.54, 1.807) is 17.9 Å². The van der Waals surface area contributed by atoms with E-state index in [2.05, 4.69) is 15.7 Å². The van der Waals surface area contributed by atoms with Gasteiger partial charge >= 0.3 is 6.18 Å². The van der Waals surface area contributed by atoms with E-state index in [-0.39, 0.29) is 42.3 Å². The van der Waals surface area contributed by atoms with Crippen molar-refractivity contribution in [2.75, 3.05) is 13.1 Å². The summed E-state index contributed by atoms with van der Waals surface area (Å²) < 4.78 is 40.8. The monoisotopic (exact) mass is 388 g/mol. The lowest BCUT2D eigenvalue weighted by atomic mass is 9.90. The van der Waals surface area contributed by atoms with Crippen LogP contribution in [0.3, 0.4) is 0 Å². The zero-order valence-corrected chi connectivity index (χ0v) is 14.9. The fourth-order valence-corrected chi connectivity index (χ4v) is 3.20.